The van der Waals surface area contributed by atoms with Gasteiger partial charge in [-0.2, -0.15) is 0 Å². The number of likely N-dealkylation sites (N-methyl/N-ethyl adjacent to an activating group) is 1. The van der Waals surface area contributed by atoms with E-state index in [0.717, 1.165) is 49.7 Å². The van der Waals surface area contributed by atoms with Gasteiger partial charge in [0.05, 0.1) is 17.8 Å². The maximum Gasteiger partial charge on any atom is 0.228 e. The monoisotopic (exact) mass is 337 g/mol. The van der Waals surface area contributed by atoms with Gasteiger partial charge >= 0.3 is 0 Å². The van der Waals surface area contributed by atoms with Crippen molar-refractivity contribution in [2.24, 2.45) is 0 Å². The van der Waals surface area contributed by atoms with Crippen LogP contribution in [-0.2, 0) is 11.2 Å². The lowest BCUT2D eigenvalue weighted by molar-refractivity contribution is -0.115. The molecule has 1 amide bonds. The van der Waals surface area contributed by atoms with Crippen LogP contribution < -0.4 is 10.2 Å². The number of carbonyl (C=O) groups is 1. The van der Waals surface area contributed by atoms with E-state index in [1.807, 2.05) is 42.5 Å². The molecular formula is C21H27N3O. The third-order valence-corrected chi connectivity index (χ3v) is 4.82. The number of piperazine rings is 1. The molecule has 0 aliphatic carbocycles. The van der Waals surface area contributed by atoms with Gasteiger partial charge in [0.25, 0.3) is 0 Å². The minimum atomic E-state index is 0.0310. The minimum absolute atomic E-state index is 0.0310. The fourth-order valence-corrected chi connectivity index (χ4v) is 3.25. The molecule has 4 nitrogen and oxygen atoms in total. The van der Waals surface area contributed by atoms with Crippen LogP contribution in [0.3, 0.4) is 0 Å². The van der Waals surface area contributed by atoms with Crippen molar-refractivity contribution in [3.05, 3.63) is 59.7 Å². The van der Waals surface area contributed by atoms with Crippen LogP contribution in [0.25, 0.3) is 0 Å². The number of anilines is 2. The summed E-state index contributed by atoms with van der Waals surface area (Å²) < 4.78 is 0. The summed E-state index contributed by atoms with van der Waals surface area (Å²) in [7, 11) is 0. The van der Waals surface area contributed by atoms with Gasteiger partial charge in [0.15, 0.2) is 0 Å². The first kappa shape index (κ1) is 17.5. The number of aryl methyl sites for hydroxylation is 1. The lowest BCUT2D eigenvalue weighted by Gasteiger charge is -2.36. The van der Waals surface area contributed by atoms with Crippen LogP contribution in [0.1, 0.15) is 18.1 Å². The quantitative estimate of drug-likeness (QED) is 0.909. The highest BCUT2D eigenvalue weighted by molar-refractivity contribution is 5.95. The largest absolute Gasteiger partial charge is 0.367 e. The van der Waals surface area contributed by atoms with Crippen molar-refractivity contribution < 1.29 is 4.79 Å². The Hall–Kier alpha value is -2.33. The second-order valence-corrected chi connectivity index (χ2v) is 6.65. The van der Waals surface area contributed by atoms with Gasteiger partial charge in [-0.3, -0.25) is 4.79 Å². The van der Waals surface area contributed by atoms with Gasteiger partial charge in [0.2, 0.25) is 5.91 Å². The zero-order chi connectivity index (χ0) is 17.6. The van der Waals surface area contributed by atoms with Crippen LogP contribution in [-0.4, -0.2) is 43.5 Å². The van der Waals surface area contributed by atoms with E-state index in [0.29, 0.717) is 6.42 Å². The highest BCUT2D eigenvalue weighted by atomic mass is 16.1. The molecule has 1 saturated heterocycles. The molecule has 1 heterocycles. The van der Waals surface area contributed by atoms with Gasteiger partial charge in [-0.1, -0.05) is 48.9 Å². The summed E-state index contributed by atoms with van der Waals surface area (Å²) in [5.41, 5.74) is 4.28. The van der Waals surface area contributed by atoms with E-state index in [-0.39, 0.29) is 5.91 Å². The predicted octanol–water partition coefficient (Wildman–Crippen LogP) is 3.32. The molecule has 2 aromatic rings. The smallest absolute Gasteiger partial charge is 0.228 e. The Morgan fingerprint density at radius 3 is 2.36 bits per heavy atom. The summed E-state index contributed by atoms with van der Waals surface area (Å²) in [6.45, 7) is 9.50. The van der Waals surface area contributed by atoms with E-state index in [1.165, 1.54) is 5.56 Å². The molecule has 2 aromatic carbocycles. The Bertz CT molecular complexity index is 703. The third kappa shape index (κ3) is 4.60. The number of rotatable bonds is 5. The first-order valence-corrected chi connectivity index (χ1v) is 9.07. The molecule has 0 saturated carbocycles. The SMILES string of the molecule is CCN1CCN(c2ccccc2NC(=O)Cc2ccc(C)cc2)CC1. The molecule has 4 heteroatoms. The van der Waals surface area contributed by atoms with E-state index in [1.54, 1.807) is 0 Å². The Morgan fingerprint density at radius 2 is 1.68 bits per heavy atom. The first-order valence-electron chi connectivity index (χ1n) is 9.07. The van der Waals surface area contributed by atoms with E-state index in [4.69, 9.17) is 0 Å². The number of carbonyl (C=O) groups excluding carboxylic acids is 1. The van der Waals surface area contributed by atoms with Crippen LogP contribution in [0.2, 0.25) is 0 Å². The van der Waals surface area contributed by atoms with Crippen molar-refractivity contribution in [2.45, 2.75) is 20.3 Å². The second-order valence-electron chi connectivity index (χ2n) is 6.65. The Morgan fingerprint density at radius 1 is 1.00 bits per heavy atom. The Kier molecular flexibility index (Phi) is 5.71. The number of para-hydroxylation sites is 2. The summed E-state index contributed by atoms with van der Waals surface area (Å²) in [4.78, 5) is 17.3. The third-order valence-electron chi connectivity index (χ3n) is 4.82. The molecule has 25 heavy (non-hydrogen) atoms. The molecule has 1 fully saturated rings. The Balaban J connectivity index is 1.66. The van der Waals surface area contributed by atoms with Gasteiger partial charge in [-0.05, 0) is 31.2 Å². The molecule has 0 radical (unpaired) electrons. The van der Waals surface area contributed by atoms with Crippen LogP contribution in [0.4, 0.5) is 11.4 Å². The van der Waals surface area contributed by atoms with Gasteiger partial charge < -0.3 is 15.1 Å². The molecule has 0 atom stereocenters. The molecule has 3 rings (SSSR count). The van der Waals surface area contributed by atoms with Gasteiger partial charge in [0, 0.05) is 26.2 Å². The molecule has 0 unspecified atom stereocenters. The number of hydrogen-bond acceptors (Lipinski definition) is 3. The first-order chi connectivity index (χ1) is 12.2. The van der Waals surface area contributed by atoms with E-state index < -0.39 is 0 Å². The average Bonchev–Trinajstić information content (AvgIpc) is 2.64. The number of hydrogen-bond donors (Lipinski definition) is 1. The molecule has 0 spiro atoms. The van der Waals surface area contributed by atoms with Crippen molar-refractivity contribution in [3.63, 3.8) is 0 Å². The lowest BCUT2D eigenvalue weighted by Crippen LogP contribution is -2.46. The summed E-state index contributed by atoms with van der Waals surface area (Å²) in [5.74, 6) is 0.0310. The van der Waals surface area contributed by atoms with Crippen molar-refractivity contribution in [2.75, 3.05) is 42.9 Å². The topological polar surface area (TPSA) is 35.6 Å². The van der Waals surface area contributed by atoms with Crippen LogP contribution >= 0.6 is 0 Å². The van der Waals surface area contributed by atoms with Crippen molar-refractivity contribution in [1.82, 2.24) is 4.90 Å². The summed E-state index contributed by atoms with van der Waals surface area (Å²) >= 11 is 0. The van der Waals surface area contributed by atoms with Crippen molar-refractivity contribution in [3.8, 4) is 0 Å². The lowest BCUT2D eigenvalue weighted by atomic mass is 10.1. The average molecular weight is 337 g/mol. The number of nitrogens with zero attached hydrogens (tertiary/aromatic N) is 2. The van der Waals surface area contributed by atoms with Crippen LogP contribution in [0, 0.1) is 6.92 Å². The van der Waals surface area contributed by atoms with Crippen molar-refractivity contribution in [1.29, 1.82) is 0 Å². The fraction of sp³-hybridized carbons (Fsp3) is 0.381. The molecule has 132 valence electrons. The molecule has 1 N–H and O–H groups in total. The predicted molar refractivity (Wildman–Crippen MR) is 104 cm³/mol. The van der Waals surface area contributed by atoms with Gasteiger partial charge in [0.1, 0.15) is 0 Å². The second kappa shape index (κ2) is 8.17. The highest BCUT2D eigenvalue weighted by Crippen LogP contribution is 2.26. The molecular weight excluding hydrogens is 310 g/mol. The van der Waals surface area contributed by atoms with E-state index in [2.05, 4.69) is 35.0 Å². The highest BCUT2D eigenvalue weighted by Gasteiger charge is 2.18. The number of nitrogens with one attached hydrogen (secondary N) is 1. The maximum atomic E-state index is 12.5. The zero-order valence-corrected chi connectivity index (χ0v) is 15.2. The zero-order valence-electron chi connectivity index (χ0n) is 15.2. The summed E-state index contributed by atoms with van der Waals surface area (Å²) in [5, 5.41) is 3.10. The molecule has 0 aromatic heterocycles. The fourth-order valence-electron chi connectivity index (χ4n) is 3.25. The van der Waals surface area contributed by atoms with Gasteiger partial charge in [-0.15, -0.1) is 0 Å². The van der Waals surface area contributed by atoms with Crippen LogP contribution in [0.15, 0.2) is 48.5 Å². The van der Waals surface area contributed by atoms with E-state index >= 15 is 0 Å². The molecule has 1 aliphatic rings. The maximum absolute atomic E-state index is 12.5. The molecule has 0 bridgehead atoms. The summed E-state index contributed by atoms with van der Waals surface area (Å²) in [6.07, 6.45) is 0.401. The Labute approximate surface area is 150 Å². The van der Waals surface area contributed by atoms with Crippen LogP contribution in [0.5, 0.6) is 0 Å². The van der Waals surface area contributed by atoms with Crippen molar-refractivity contribution >= 4 is 17.3 Å². The number of amides is 1. The molecule has 1 aliphatic heterocycles. The van der Waals surface area contributed by atoms with Gasteiger partial charge in [-0.25, -0.2) is 0 Å². The normalized spacial score (nSPS) is 15.2. The summed E-state index contributed by atoms with van der Waals surface area (Å²) in [6, 6.07) is 16.2. The standard InChI is InChI=1S/C21H27N3O/c1-3-23-12-14-24(15-13-23)20-7-5-4-6-19(20)22-21(25)16-18-10-8-17(2)9-11-18/h4-11H,3,12-16H2,1-2H3,(H,22,25). The number of benzene rings is 2. The minimum Gasteiger partial charge on any atom is -0.367 e. The van der Waals surface area contributed by atoms with E-state index in [9.17, 15) is 4.79 Å².